The molecule has 122 valence electrons. The molecule has 3 rings (SSSR count). The van der Waals surface area contributed by atoms with Crippen molar-refractivity contribution in [2.75, 3.05) is 0 Å². The smallest absolute Gasteiger partial charge is 0.324 e. The minimum Gasteiger partial charge on any atom is -0.347 e. The Hall–Kier alpha value is -3.68. The van der Waals surface area contributed by atoms with E-state index in [0.29, 0.717) is 5.56 Å². The first-order chi connectivity index (χ1) is 13.2. The third-order valence-electron chi connectivity index (χ3n) is 2.50. The molecule has 5 N–H and O–H groups in total. The molecule has 0 saturated carbocycles. The van der Waals surface area contributed by atoms with Crippen LogP contribution in [0.1, 0.15) is 15.8 Å². The number of carbonyl (C=O) groups is 1. The largest absolute Gasteiger partial charge is 0.347 e. The Morgan fingerprint density at radius 1 is 1.33 bits per heavy atom. The van der Waals surface area contributed by atoms with E-state index in [1.807, 2.05) is 9.97 Å². The van der Waals surface area contributed by atoms with Crippen molar-refractivity contribution in [2.24, 2.45) is 4.99 Å². The SMILES string of the molecule is [2H]C1=C([2H])C(NC(=O)c2ccccc2)=NC(=C)N1.[2H]c1[nH]c(=O)[nH]c(=N)c1[2H]. The Balaban J connectivity index is 0.000000237. The number of benzene rings is 1. The molecule has 0 unspecified atom stereocenters. The van der Waals surface area contributed by atoms with Crippen molar-refractivity contribution in [3.8, 4) is 0 Å². The second kappa shape index (κ2) is 8.08. The monoisotopic (exact) mass is 328 g/mol. The lowest BCUT2D eigenvalue weighted by Gasteiger charge is -2.10. The summed E-state index contributed by atoms with van der Waals surface area (Å²) in [6.45, 7) is 3.54. The highest BCUT2D eigenvalue weighted by Crippen LogP contribution is 2.00. The maximum atomic E-state index is 11.9. The zero-order valence-corrected chi connectivity index (χ0v) is 12.4. The molecule has 0 spiro atoms. The van der Waals surface area contributed by atoms with E-state index in [9.17, 15) is 9.59 Å². The van der Waals surface area contributed by atoms with Crippen LogP contribution in [0.15, 0.2) is 77.0 Å². The summed E-state index contributed by atoms with van der Waals surface area (Å²) in [5.41, 5.74) is -0.511. The van der Waals surface area contributed by atoms with Crippen LogP contribution in [-0.4, -0.2) is 21.7 Å². The molecule has 2 heterocycles. The van der Waals surface area contributed by atoms with E-state index in [4.69, 9.17) is 10.9 Å². The van der Waals surface area contributed by atoms with Gasteiger partial charge in [0, 0.05) is 17.9 Å². The lowest BCUT2D eigenvalue weighted by molar-refractivity contribution is 0.0977. The maximum Gasteiger partial charge on any atom is 0.324 e. The predicted molar refractivity (Wildman–Crippen MR) is 90.0 cm³/mol. The highest BCUT2D eigenvalue weighted by Gasteiger charge is 2.08. The van der Waals surface area contributed by atoms with Gasteiger partial charge < -0.3 is 15.6 Å². The van der Waals surface area contributed by atoms with Gasteiger partial charge in [-0.05, 0) is 24.2 Å². The van der Waals surface area contributed by atoms with E-state index in [1.54, 1.807) is 30.3 Å². The van der Waals surface area contributed by atoms with Crippen molar-refractivity contribution in [3.63, 3.8) is 0 Å². The normalized spacial score (nSPS) is 15.5. The van der Waals surface area contributed by atoms with Gasteiger partial charge in [-0.2, -0.15) is 0 Å². The predicted octanol–water partition coefficient (Wildman–Crippen LogP) is 0.585. The number of H-pyrrole nitrogens is 2. The van der Waals surface area contributed by atoms with Crippen molar-refractivity contribution in [3.05, 3.63) is 88.7 Å². The van der Waals surface area contributed by atoms with E-state index in [-0.39, 0.29) is 47.5 Å². The molecule has 0 fully saturated rings. The fourth-order valence-electron chi connectivity index (χ4n) is 1.51. The minimum atomic E-state index is -0.633. The van der Waals surface area contributed by atoms with Crippen LogP contribution in [0.2, 0.25) is 0 Å². The highest BCUT2D eigenvalue weighted by molar-refractivity contribution is 6.10. The molecular weight excluding hydrogens is 308 g/mol. The maximum absolute atomic E-state index is 11.9. The van der Waals surface area contributed by atoms with E-state index >= 15 is 0 Å². The first-order valence-electron chi connectivity index (χ1n) is 8.62. The summed E-state index contributed by atoms with van der Waals surface area (Å²) in [6.07, 6.45) is -0.480. The molecule has 24 heavy (non-hydrogen) atoms. The van der Waals surface area contributed by atoms with Crippen LogP contribution in [0.25, 0.3) is 0 Å². The Morgan fingerprint density at radius 3 is 2.79 bits per heavy atom. The number of nitrogens with zero attached hydrogens (tertiary/aromatic N) is 1. The van der Waals surface area contributed by atoms with E-state index in [1.165, 1.54) is 0 Å². The minimum absolute atomic E-state index is 0.0256. The summed E-state index contributed by atoms with van der Waals surface area (Å²) in [4.78, 5) is 30.2. The number of nitrogens with one attached hydrogen (secondary N) is 5. The zero-order chi connectivity index (χ0) is 20.8. The summed E-state index contributed by atoms with van der Waals surface area (Å²) in [5, 5.41) is 11.9. The molecule has 8 nitrogen and oxygen atoms in total. The van der Waals surface area contributed by atoms with E-state index < -0.39 is 5.69 Å². The first-order valence-corrected chi connectivity index (χ1v) is 6.62. The summed E-state index contributed by atoms with van der Waals surface area (Å²) in [6, 6.07) is 8.11. The van der Waals surface area contributed by atoms with Gasteiger partial charge in [0.1, 0.15) is 17.1 Å². The van der Waals surface area contributed by atoms with Gasteiger partial charge in [-0.25, -0.2) is 9.79 Å². The van der Waals surface area contributed by atoms with Gasteiger partial charge in [-0.1, -0.05) is 24.8 Å². The van der Waals surface area contributed by atoms with E-state index in [0.717, 1.165) is 0 Å². The molecule has 8 heteroatoms. The molecule has 1 aliphatic heterocycles. The summed E-state index contributed by atoms with van der Waals surface area (Å²) in [7, 11) is 0. The fourth-order valence-corrected chi connectivity index (χ4v) is 1.51. The van der Waals surface area contributed by atoms with Crippen molar-refractivity contribution < 1.29 is 10.3 Å². The lowest BCUT2D eigenvalue weighted by atomic mass is 10.2. The summed E-state index contributed by atoms with van der Waals surface area (Å²) >= 11 is 0. The fraction of sp³-hybridized carbons (Fsp3) is 0. The molecule has 0 saturated heterocycles. The van der Waals surface area contributed by atoms with Crippen LogP contribution in [0.3, 0.4) is 0 Å². The van der Waals surface area contributed by atoms with Crippen LogP contribution in [0, 0.1) is 5.41 Å². The molecule has 0 radical (unpaired) electrons. The molecule has 1 aromatic carbocycles. The number of aromatic amines is 2. The second-order valence-corrected chi connectivity index (χ2v) is 4.31. The number of rotatable bonds is 1. The van der Waals surface area contributed by atoms with Gasteiger partial charge >= 0.3 is 5.69 Å². The number of hydrogen-bond donors (Lipinski definition) is 5. The molecule has 0 aliphatic carbocycles. The lowest BCUT2D eigenvalue weighted by Crippen LogP contribution is -2.31. The third-order valence-corrected chi connectivity index (χ3v) is 2.50. The van der Waals surface area contributed by atoms with Crippen molar-refractivity contribution in [2.45, 2.75) is 0 Å². The number of amidine groups is 1. The number of hydrogen-bond acceptors (Lipinski definition) is 5. The van der Waals surface area contributed by atoms with Crippen molar-refractivity contribution >= 4 is 11.7 Å². The van der Waals surface area contributed by atoms with Gasteiger partial charge in [0.25, 0.3) is 5.91 Å². The quantitative estimate of drug-likeness (QED) is 0.526. The Morgan fingerprint density at radius 2 is 2.08 bits per heavy atom. The summed E-state index contributed by atoms with van der Waals surface area (Å²) < 4.78 is 29.0. The van der Waals surface area contributed by atoms with Crippen molar-refractivity contribution in [1.82, 2.24) is 20.6 Å². The molecule has 1 amide bonds. The first kappa shape index (κ1) is 11.8. The van der Waals surface area contributed by atoms with Gasteiger partial charge in [0.15, 0.2) is 0 Å². The van der Waals surface area contributed by atoms with Crippen LogP contribution in [0.5, 0.6) is 0 Å². The van der Waals surface area contributed by atoms with Crippen molar-refractivity contribution in [1.29, 1.82) is 5.41 Å². The third kappa shape index (κ3) is 5.26. The molecule has 0 atom stereocenters. The van der Waals surface area contributed by atoms with Crippen LogP contribution in [0.4, 0.5) is 0 Å². The number of aliphatic imine (C=N–C) groups is 1. The Bertz CT molecular complexity index is 1090. The topological polar surface area (TPSA) is 126 Å². The summed E-state index contributed by atoms with van der Waals surface area (Å²) in [5.74, 6) is -0.126. The Kier molecular flexibility index (Phi) is 3.99. The highest BCUT2D eigenvalue weighted by atomic mass is 16.2. The second-order valence-electron chi connectivity index (χ2n) is 4.31. The Labute approximate surface area is 142 Å². The molecular formula is C16H16N6O2. The van der Waals surface area contributed by atoms with Gasteiger partial charge in [0.05, 0.1) is 5.48 Å². The van der Waals surface area contributed by atoms with E-state index in [2.05, 4.69) is 22.2 Å². The average Bonchev–Trinajstić information content (AvgIpc) is 2.65. The number of carbonyl (C=O) groups excluding carboxylic acids is 1. The standard InChI is InChI=1S/C12H11N3O.C4H5N3O/c1-9-13-8-7-11(14-9)15-12(16)10-5-3-2-4-6-10;5-3-1-2-6-4(8)7-3/h2-8,13H,1H2,(H,14,15,16);1-2H,(H3,5,6,7,8)/i7D,8D;1D,2D. The van der Waals surface area contributed by atoms with Gasteiger partial charge in [0.2, 0.25) is 0 Å². The average molecular weight is 328 g/mol. The molecule has 2 aromatic rings. The molecule has 1 aliphatic rings. The molecule has 1 aromatic heterocycles. The van der Waals surface area contributed by atoms with Gasteiger partial charge in [-0.15, -0.1) is 0 Å². The number of amides is 1. The number of aromatic nitrogens is 2. The molecule has 0 bridgehead atoms. The zero-order valence-electron chi connectivity index (χ0n) is 16.4. The van der Waals surface area contributed by atoms with Crippen LogP contribution < -0.4 is 21.8 Å². The van der Waals surface area contributed by atoms with Crippen LogP contribution in [-0.2, 0) is 0 Å². The van der Waals surface area contributed by atoms with Crippen LogP contribution >= 0.6 is 0 Å². The van der Waals surface area contributed by atoms with Gasteiger partial charge in [-0.3, -0.25) is 15.2 Å².